The van der Waals surface area contributed by atoms with Gasteiger partial charge in [0.15, 0.2) is 22.4 Å². The molecule has 2 aromatic rings. The van der Waals surface area contributed by atoms with Gasteiger partial charge in [0.05, 0.1) is 58.7 Å². The lowest BCUT2D eigenvalue weighted by atomic mass is 9.77. The average Bonchev–Trinajstić information content (AvgIpc) is 3.76. The number of aliphatic hydroxyl groups excluding tert-OH is 3. The summed E-state index contributed by atoms with van der Waals surface area (Å²) in [5, 5.41) is 68.3. The molecular weight excluding hydrogens is 927 g/mol. The average molecular weight is 1010 g/mol. The van der Waals surface area contributed by atoms with Gasteiger partial charge in [-0.1, -0.05) is 38.1 Å². The zero-order valence-electron chi connectivity index (χ0n) is 44.0. The van der Waals surface area contributed by atoms with Gasteiger partial charge in [-0.25, -0.2) is 8.42 Å². The summed E-state index contributed by atoms with van der Waals surface area (Å²) in [5.74, 6) is -2.81. The van der Waals surface area contributed by atoms with Gasteiger partial charge in [-0.3, -0.25) is 14.4 Å². The first-order valence-corrected chi connectivity index (χ1v) is 26.9. The molecule has 0 radical (unpaired) electrons. The maximum Gasteiger partial charge on any atom is 0.311 e. The van der Waals surface area contributed by atoms with Crippen LogP contribution in [0.1, 0.15) is 106 Å². The van der Waals surface area contributed by atoms with E-state index in [9.17, 15) is 38.7 Å². The summed E-state index contributed by atoms with van der Waals surface area (Å²) in [4.78, 5) is 18.7. The number of sulfone groups is 1. The van der Waals surface area contributed by atoms with E-state index in [-0.39, 0.29) is 36.2 Å². The van der Waals surface area contributed by atoms with Crippen LogP contribution in [0.15, 0.2) is 35.4 Å². The zero-order chi connectivity index (χ0) is 52.3. The van der Waals surface area contributed by atoms with Crippen LogP contribution in [0.4, 0.5) is 0 Å². The number of hydrogen-bond donors (Lipinski definition) is 5. The molecule has 400 valence electrons. The second kappa shape index (κ2) is 23.7. The third-order valence-electron chi connectivity index (χ3n) is 15.4. The molecule has 0 spiro atoms. The highest BCUT2D eigenvalue weighted by atomic mass is 32.2. The van der Waals surface area contributed by atoms with Crippen molar-refractivity contribution < 1.29 is 67.2 Å². The molecule has 5 rings (SSSR count). The Morgan fingerprint density at radius 2 is 1.60 bits per heavy atom. The van der Waals surface area contributed by atoms with Crippen LogP contribution in [0.2, 0.25) is 0 Å². The normalized spacial score (nSPS) is 40.1. The Morgan fingerprint density at radius 1 is 0.943 bits per heavy atom. The molecule has 3 fully saturated rings. The number of carbonyl (C=O) groups is 1. The second-order valence-electron chi connectivity index (χ2n) is 21.6. The van der Waals surface area contributed by atoms with Crippen LogP contribution in [-0.4, -0.2) is 196 Å². The molecule has 0 aliphatic carbocycles. The summed E-state index contributed by atoms with van der Waals surface area (Å²) >= 11 is 0. The summed E-state index contributed by atoms with van der Waals surface area (Å²) in [5.41, 5.74) is -2.78. The van der Waals surface area contributed by atoms with E-state index in [4.69, 9.17) is 28.4 Å². The van der Waals surface area contributed by atoms with Gasteiger partial charge in [-0.15, -0.1) is 5.10 Å². The number of methoxy groups -OCH3 is 1. The number of benzene rings is 1. The fraction of sp³-hybridized carbons (Fsp3) is 0.820. The van der Waals surface area contributed by atoms with Gasteiger partial charge in [0.25, 0.3) is 0 Å². The largest absolute Gasteiger partial charge is 0.459 e. The van der Waals surface area contributed by atoms with Crippen molar-refractivity contribution in [1.29, 1.82) is 0 Å². The Balaban J connectivity index is 1.42. The molecule has 3 aliphatic rings. The molecule has 0 saturated carbocycles. The minimum absolute atomic E-state index is 0.0942. The van der Waals surface area contributed by atoms with Gasteiger partial charge in [0, 0.05) is 57.1 Å². The van der Waals surface area contributed by atoms with Gasteiger partial charge >= 0.3 is 5.97 Å². The van der Waals surface area contributed by atoms with Crippen molar-refractivity contribution in [2.75, 3.05) is 40.6 Å². The number of rotatable bonds is 14. The van der Waals surface area contributed by atoms with E-state index in [1.807, 2.05) is 50.9 Å². The maximum absolute atomic E-state index is 14.5. The highest BCUT2D eigenvalue weighted by Crippen LogP contribution is 2.40. The molecule has 70 heavy (non-hydrogen) atoms. The number of nitrogens with zero attached hydrogens (tertiary/aromatic N) is 5. The number of cyclic esters (lactones) is 1. The Bertz CT molecular complexity index is 2090. The number of ether oxygens (including phenoxy) is 6. The van der Waals surface area contributed by atoms with Crippen molar-refractivity contribution in [3.8, 4) is 0 Å². The molecule has 1 aromatic heterocycles. The van der Waals surface area contributed by atoms with Crippen LogP contribution in [0.3, 0.4) is 0 Å². The summed E-state index contributed by atoms with van der Waals surface area (Å²) in [6, 6.07) is 5.81. The van der Waals surface area contributed by atoms with Crippen molar-refractivity contribution in [2.45, 2.75) is 210 Å². The van der Waals surface area contributed by atoms with E-state index in [1.165, 1.54) is 20.3 Å². The Morgan fingerprint density at radius 3 is 2.21 bits per heavy atom. The van der Waals surface area contributed by atoms with E-state index < -0.39 is 112 Å². The van der Waals surface area contributed by atoms with Gasteiger partial charge in [-0.05, 0) is 118 Å². The minimum Gasteiger partial charge on any atom is -0.459 e. The Kier molecular flexibility index (Phi) is 19.7. The highest BCUT2D eigenvalue weighted by Gasteiger charge is 2.53. The first-order valence-electron chi connectivity index (χ1n) is 25.0. The standard InChI is InChI=1S/C50H85N5O14S/c1-15-39-50(10,61)43(57)33(6)54(12)27-29(2)25-48(8,60)45(31(4)42(32(5)46(59)67-39)68-40-26-49(9,64-13)44(58)34(7)66-40)69-47-41(56)38(24-30(3)65-47)53(11)22-23-55-28-36(51-52-55)19-16-35-17-20-37(21-18-35)70(14,62)63/h17-18,20-21,28-34,38-45,47,56-58,60-61H,15-16,19,22-27H2,1-14H3/t29-,30-,31+,32-,33-,34+,38+,39-,40+,41-,42+,43-,44+,45-,47+,48-,49-,50-/m1/s1. The van der Waals surface area contributed by atoms with Crippen molar-refractivity contribution in [2.24, 2.45) is 17.8 Å². The quantitative estimate of drug-likeness (QED) is 0.171. The third-order valence-corrected chi connectivity index (χ3v) is 16.5. The summed E-state index contributed by atoms with van der Waals surface area (Å²) in [7, 11) is 1.96. The molecule has 1 aromatic carbocycles. The highest BCUT2D eigenvalue weighted by molar-refractivity contribution is 7.90. The van der Waals surface area contributed by atoms with Crippen LogP contribution in [-0.2, 0) is 62.4 Å². The fourth-order valence-corrected chi connectivity index (χ4v) is 11.5. The fourth-order valence-electron chi connectivity index (χ4n) is 10.8. The number of likely N-dealkylation sites (N-methyl/N-ethyl adjacent to an activating group) is 2. The molecule has 3 saturated heterocycles. The zero-order valence-corrected chi connectivity index (χ0v) is 44.8. The first-order chi connectivity index (χ1) is 32.5. The first kappa shape index (κ1) is 58.2. The SMILES string of the molecule is CC[C@H]1OC(=O)[C@H](C)[C@@H](O[C@H]2C[C@@](C)(OC)[C@@H](O)[C@H](C)O2)[C@H](C)[C@@H](O[C@@H]2O[C@H](C)C[C@H](N(C)CCn3cc(CCc4ccc(S(C)(=O)=O)cc4)nn3)[C@H]2O)[C@](C)(O)C[C@@H](C)CN(C)[C@H](C)[C@@H](O)[C@]1(C)O. The third kappa shape index (κ3) is 13.9. The van der Waals surface area contributed by atoms with E-state index in [0.717, 1.165) is 11.3 Å². The molecule has 3 aliphatic heterocycles. The van der Waals surface area contributed by atoms with Crippen molar-refractivity contribution in [3.63, 3.8) is 0 Å². The molecule has 0 amide bonds. The molecule has 18 atom stereocenters. The predicted molar refractivity (Wildman–Crippen MR) is 260 cm³/mol. The lowest BCUT2D eigenvalue weighted by molar-refractivity contribution is -0.318. The number of aryl methyl sites for hydroxylation is 2. The van der Waals surface area contributed by atoms with Crippen LogP contribution >= 0.6 is 0 Å². The number of esters is 1. The Hall–Kier alpha value is -2.70. The van der Waals surface area contributed by atoms with Crippen LogP contribution in [0, 0.1) is 17.8 Å². The summed E-state index contributed by atoms with van der Waals surface area (Å²) < 4.78 is 63.7. The monoisotopic (exact) mass is 1010 g/mol. The van der Waals surface area contributed by atoms with Crippen LogP contribution in [0.5, 0.6) is 0 Å². The minimum atomic E-state index is -3.28. The van der Waals surface area contributed by atoms with Crippen molar-refractivity contribution >= 4 is 15.8 Å². The lowest BCUT2D eigenvalue weighted by Crippen LogP contribution is -2.61. The summed E-state index contributed by atoms with van der Waals surface area (Å²) in [6.45, 7) is 18.8. The molecule has 5 N–H and O–H groups in total. The Labute approximate surface area is 416 Å². The maximum atomic E-state index is 14.5. The van der Waals surface area contributed by atoms with Crippen LogP contribution < -0.4 is 0 Å². The second-order valence-corrected chi connectivity index (χ2v) is 23.6. The smallest absolute Gasteiger partial charge is 0.311 e. The summed E-state index contributed by atoms with van der Waals surface area (Å²) in [6.07, 6.45) is -4.85. The molecular formula is C50H85N5O14S. The number of aliphatic hydroxyl groups is 5. The van der Waals surface area contributed by atoms with E-state index in [1.54, 1.807) is 70.5 Å². The van der Waals surface area contributed by atoms with E-state index in [2.05, 4.69) is 10.3 Å². The molecule has 4 heterocycles. The predicted octanol–water partition coefficient (Wildman–Crippen LogP) is 2.75. The van der Waals surface area contributed by atoms with Crippen LogP contribution in [0.25, 0.3) is 0 Å². The topological polar surface area (TPSA) is 245 Å². The molecule has 20 heteroatoms. The molecule has 0 bridgehead atoms. The van der Waals surface area contributed by atoms with E-state index in [0.29, 0.717) is 38.9 Å². The lowest BCUT2D eigenvalue weighted by Gasteiger charge is -2.49. The number of carbonyl (C=O) groups excluding carboxylic acids is 1. The molecule has 0 unspecified atom stereocenters. The van der Waals surface area contributed by atoms with E-state index >= 15 is 0 Å². The van der Waals surface area contributed by atoms with Gasteiger partial charge in [0.1, 0.15) is 30.0 Å². The molecule has 19 nitrogen and oxygen atoms in total. The van der Waals surface area contributed by atoms with Gasteiger partial charge < -0.3 is 58.9 Å². The number of hydrogen-bond acceptors (Lipinski definition) is 18. The van der Waals surface area contributed by atoms with Gasteiger partial charge in [-0.2, -0.15) is 0 Å². The van der Waals surface area contributed by atoms with Gasteiger partial charge in [0.2, 0.25) is 0 Å². The van der Waals surface area contributed by atoms with Crippen molar-refractivity contribution in [3.05, 3.63) is 41.7 Å². The number of aromatic nitrogens is 3. The van der Waals surface area contributed by atoms with Crippen molar-refractivity contribution in [1.82, 2.24) is 24.8 Å².